The van der Waals surface area contributed by atoms with Crippen molar-refractivity contribution in [3.63, 3.8) is 0 Å². The fourth-order valence-corrected chi connectivity index (χ4v) is 6.26. The Morgan fingerprint density at radius 3 is 2.55 bits per heavy atom. The summed E-state index contributed by atoms with van der Waals surface area (Å²) in [7, 11) is -4.30. The number of carbonyl (C=O) groups excluding carboxylic acids is 1. The molecule has 4 heterocycles. The zero-order valence-electron chi connectivity index (χ0n) is 26.0. The Hall–Kier alpha value is -3.26. The minimum Gasteiger partial charge on any atom is -0.476 e. The number of carbonyl (C=O) groups is 1. The second-order valence-corrected chi connectivity index (χ2v) is 14.2. The maximum Gasteiger partial charge on any atom is 0.281 e. The van der Waals surface area contributed by atoms with E-state index in [1.165, 1.54) is 28.9 Å². The SMILES string of the molecule is CC(C)C(COc1ccn(-c2ccc(C(=O)NS(=O)(=O)c3cccc(NCCOC4CNC(C)(C)C4)n3)c(Cl)n2)n1)C(C)C. The van der Waals surface area contributed by atoms with Crippen LogP contribution in [0.25, 0.3) is 5.82 Å². The second kappa shape index (κ2) is 14.2. The van der Waals surface area contributed by atoms with E-state index in [4.69, 9.17) is 21.1 Å². The Kier molecular flexibility index (Phi) is 10.9. The summed E-state index contributed by atoms with van der Waals surface area (Å²) in [4.78, 5) is 21.3. The number of ether oxygens (including phenoxy) is 2. The molecule has 0 aliphatic carbocycles. The number of sulfonamides is 1. The van der Waals surface area contributed by atoms with Crippen LogP contribution in [0.1, 0.15) is 58.3 Å². The Bertz CT molecular complexity index is 1540. The zero-order valence-corrected chi connectivity index (χ0v) is 27.6. The summed E-state index contributed by atoms with van der Waals surface area (Å²) in [6.45, 7) is 15.1. The van der Waals surface area contributed by atoms with Crippen LogP contribution in [0, 0.1) is 17.8 Å². The molecular weight excluding hydrogens is 606 g/mol. The molecule has 0 saturated carbocycles. The number of anilines is 1. The Labute approximate surface area is 264 Å². The van der Waals surface area contributed by atoms with Crippen molar-refractivity contribution in [2.45, 2.75) is 64.6 Å². The highest BCUT2D eigenvalue weighted by atomic mass is 35.5. The van der Waals surface area contributed by atoms with Gasteiger partial charge >= 0.3 is 0 Å². The van der Waals surface area contributed by atoms with Gasteiger partial charge in [0.1, 0.15) is 11.0 Å². The molecule has 12 nitrogen and oxygen atoms in total. The van der Waals surface area contributed by atoms with Crippen LogP contribution in [-0.4, -0.2) is 72.0 Å². The average Bonchev–Trinajstić information content (AvgIpc) is 3.56. The number of halogens is 1. The Morgan fingerprint density at radius 2 is 1.89 bits per heavy atom. The van der Waals surface area contributed by atoms with Crippen LogP contribution in [0.15, 0.2) is 47.6 Å². The van der Waals surface area contributed by atoms with E-state index < -0.39 is 15.9 Å². The van der Waals surface area contributed by atoms with E-state index in [1.54, 1.807) is 18.3 Å². The van der Waals surface area contributed by atoms with Crippen molar-refractivity contribution in [1.82, 2.24) is 29.8 Å². The van der Waals surface area contributed by atoms with Crippen LogP contribution < -0.4 is 20.1 Å². The number of pyridine rings is 2. The molecule has 1 amide bonds. The summed E-state index contributed by atoms with van der Waals surface area (Å²) in [5.74, 6) is 1.49. The topological polar surface area (TPSA) is 149 Å². The molecule has 1 fully saturated rings. The summed E-state index contributed by atoms with van der Waals surface area (Å²) in [5.41, 5.74) is -0.0611. The van der Waals surface area contributed by atoms with Gasteiger partial charge in [-0.25, -0.2) is 19.4 Å². The lowest BCUT2D eigenvalue weighted by Crippen LogP contribution is -2.31. The van der Waals surface area contributed by atoms with Crippen LogP contribution >= 0.6 is 11.6 Å². The highest BCUT2D eigenvalue weighted by Crippen LogP contribution is 2.23. The third kappa shape index (κ3) is 8.90. The summed E-state index contributed by atoms with van der Waals surface area (Å²) >= 11 is 6.31. The van der Waals surface area contributed by atoms with Crippen molar-refractivity contribution in [1.29, 1.82) is 0 Å². The van der Waals surface area contributed by atoms with Gasteiger partial charge in [-0.15, -0.1) is 5.10 Å². The highest BCUT2D eigenvalue weighted by Gasteiger charge is 2.30. The molecule has 3 N–H and O–H groups in total. The monoisotopic (exact) mass is 647 g/mol. The first-order chi connectivity index (χ1) is 20.7. The van der Waals surface area contributed by atoms with Gasteiger partial charge in [0.25, 0.3) is 15.9 Å². The number of hydrogen-bond donors (Lipinski definition) is 3. The fourth-order valence-electron chi connectivity index (χ4n) is 5.09. The maximum atomic E-state index is 13.0. The van der Waals surface area contributed by atoms with Gasteiger partial charge in [-0.05, 0) is 62.3 Å². The van der Waals surface area contributed by atoms with Gasteiger partial charge in [0.15, 0.2) is 10.8 Å². The van der Waals surface area contributed by atoms with Gasteiger partial charge in [0.05, 0.1) is 24.9 Å². The number of nitrogens with zero attached hydrogens (tertiary/aromatic N) is 4. The third-order valence-corrected chi connectivity index (χ3v) is 9.07. The lowest BCUT2D eigenvalue weighted by molar-refractivity contribution is 0.0706. The first-order valence-corrected chi connectivity index (χ1v) is 16.6. The molecule has 1 atom stereocenters. The van der Waals surface area contributed by atoms with E-state index >= 15 is 0 Å². The van der Waals surface area contributed by atoms with E-state index in [-0.39, 0.29) is 27.4 Å². The van der Waals surface area contributed by atoms with Gasteiger partial charge in [0.2, 0.25) is 5.88 Å². The van der Waals surface area contributed by atoms with Crippen LogP contribution in [0.4, 0.5) is 5.82 Å². The van der Waals surface area contributed by atoms with Crippen LogP contribution in [0.2, 0.25) is 5.15 Å². The van der Waals surface area contributed by atoms with Crippen LogP contribution in [0.3, 0.4) is 0 Å². The lowest BCUT2D eigenvalue weighted by atomic mass is 9.86. The molecule has 1 aliphatic rings. The number of nitrogens with one attached hydrogen (secondary N) is 3. The summed E-state index contributed by atoms with van der Waals surface area (Å²) in [6, 6.07) is 9.10. The normalized spacial score (nSPS) is 16.5. The van der Waals surface area contributed by atoms with E-state index in [9.17, 15) is 13.2 Å². The minimum absolute atomic E-state index is 0.0543. The average molecular weight is 648 g/mol. The van der Waals surface area contributed by atoms with Crippen LogP contribution in [0.5, 0.6) is 5.88 Å². The van der Waals surface area contributed by atoms with Crippen molar-refractivity contribution in [2.24, 2.45) is 17.8 Å². The fraction of sp³-hybridized carbons (Fsp3) is 0.533. The molecule has 4 rings (SSSR count). The smallest absolute Gasteiger partial charge is 0.281 e. The van der Waals surface area contributed by atoms with E-state index in [2.05, 4.69) is 67.2 Å². The number of amides is 1. The minimum atomic E-state index is -4.30. The molecule has 3 aromatic rings. The molecule has 14 heteroatoms. The van der Waals surface area contributed by atoms with Crippen LogP contribution in [-0.2, 0) is 14.8 Å². The second-order valence-electron chi connectivity index (χ2n) is 12.3. The lowest BCUT2D eigenvalue weighted by Gasteiger charge is -2.24. The van der Waals surface area contributed by atoms with E-state index in [0.29, 0.717) is 55.0 Å². The Morgan fingerprint density at radius 1 is 1.14 bits per heavy atom. The predicted molar refractivity (Wildman–Crippen MR) is 169 cm³/mol. The molecule has 0 spiro atoms. The number of hydrogen-bond acceptors (Lipinski definition) is 10. The van der Waals surface area contributed by atoms with Crippen molar-refractivity contribution in [3.05, 3.63) is 53.3 Å². The first kappa shape index (κ1) is 33.6. The van der Waals surface area contributed by atoms with Gasteiger partial charge in [0, 0.05) is 30.9 Å². The highest BCUT2D eigenvalue weighted by molar-refractivity contribution is 7.90. The van der Waals surface area contributed by atoms with Gasteiger partial charge < -0.3 is 20.1 Å². The summed E-state index contributed by atoms with van der Waals surface area (Å²) < 4.78 is 41.2. The quantitative estimate of drug-likeness (QED) is 0.171. The standard InChI is InChI=1S/C30H42ClN7O5S/c1-19(2)23(20(3)4)18-43-26-12-14-38(36-26)25-11-10-22(28(31)35-25)29(39)37-44(40,41)27-9-7-8-24(34-27)32-13-15-42-21-16-30(5,6)33-17-21/h7-12,14,19-21,23,33H,13,15-18H2,1-6H3,(H,32,34)(H,37,39). The van der Waals surface area contributed by atoms with E-state index in [1.807, 2.05) is 4.72 Å². The molecule has 1 unspecified atom stereocenters. The van der Waals surface area contributed by atoms with Crippen molar-refractivity contribution >= 4 is 33.3 Å². The predicted octanol–water partition coefficient (Wildman–Crippen LogP) is 4.31. The molecular formula is C30H42ClN7O5S. The third-order valence-electron chi connectivity index (χ3n) is 7.55. The molecule has 1 aliphatic heterocycles. The van der Waals surface area contributed by atoms with E-state index in [0.717, 1.165) is 13.0 Å². The van der Waals surface area contributed by atoms with Crippen molar-refractivity contribution < 1.29 is 22.7 Å². The first-order valence-electron chi connectivity index (χ1n) is 14.7. The number of aromatic nitrogens is 4. The molecule has 240 valence electrons. The largest absolute Gasteiger partial charge is 0.476 e. The summed E-state index contributed by atoms with van der Waals surface area (Å²) in [5, 5.41) is 10.4. The molecule has 44 heavy (non-hydrogen) atoms. The summed E-state index contributed by atoms with van der Waals surface area (Å²) in [6.07, 6.45) is 2.71. The molecule has 0 aromatic carbocycles. The van der Waals surface area contributed by atoms with Gasteiger partial charge in [-0.3, -0.25) is 4.79 Å². The molecule has 0 radical (unpaired) electrons. The Balaban J connectivity index is 1.34. The van der Waals surface area contributed by atoms with Crippen molar-refractivity contribution in [3.8, 4) is 11.7 Å². The molecule has 3 aromatic heterocycles. The molecule has 1 saturated heterocycles. The van der Waals surface area contributed by atoms with Gasteiger partial charge in [-0.2, -0.15) is 8.42 Å². The van der Waals surface area contributed by atoms with Gasteiger partial charge in [-0.1, -0.05) is 45.4 Å². The number of rotatable bonds is 14. The molecule has 0 bridgehead atoms. The zero-order chi connectivity index (χ0) is 32.1. The maximum absolute atomic E-state index is 13.0. The van der Waals surface area contributed by atoms with Crippen molar-refractivity contribution in [2.75, 3.05) is 31.6 Å².